The summed E-state index contributed by atoms with van der Waals surface area (Å²) < 4.78 is 1.97. The minimum absolute atomic E-state index is 0.374. The minimum Gasteiger partial charge on any atom is -0.254 e. The molecule has 0 saturated heterocycles. The number of aliphatic imine (C=N–C) groups is 2. The van der Waals surface area contributed by atoms with Crippen molar-refractivity contribution in [2.45, 2.75) is 53.4 Å². The van der Waals surface area contributed by atoms with Crippen LogP contribution >= 0.6 is 0 Å². The number of nitrogens with zero attached hydrogens (tertiary/aromatic N) is 4. The van der Waals surface area contributed by atoms with Gasteiger partial charge in [0.25, 0.3) is 0 Å². The number of fused-ring (bicyclic) bond motifs is 1. The Hall–Kier alpha value is -4.31. The van der Waals surface area contributed by atoms with E-state index in [9.17, 15) is 0 Å². The van der Waals surface area contributed by atoms with Crippen LogP contribution in [0.4, 0.5) is 11.4 Å². The molecular formula is C35H36N4. The molecule has 196 valence electrons. The molecule has 4 aromatic carbocycles. The molecule has 0 spiro atoms. The summed E-state index contributed by atoms with van der Waals surface area (Å²) >= 11 is 0. The Balaban J connectivity index is 1.72. The van der Waals surface area contributed by atoms with E-state index in [1.807, 2.05) is 35.2 Å². The Morgan fingerprint density at radius 3 is 1.92 bits per heavy atom. The summed E-state index contributed by atoms with van der Waals surface area (Å²) in [4.78, 5) is 10.3. The molecule has 0 aliphatic rings. The van der Waals surface area contributed by atoms with Crippen molar-refractivity contribution in [3.8, 4) is 0 Å². The lowest BCUT2D eigenvalue weighted by Gasteiger charge is -2.16. The molecule has 4 heteroatoms. The Morgan fingerprint density at radius 2 is 1.28 bits per heavy atom. The zero-order chi connectivity index (χ0) is 27.5. The molecule has 0 aliphatic heterocycles. The third-order valence-corrected chi connectivity index (χ3v) is 7.16. The number of aromatic nitrogens is 2. The van der Waals surface area contributed by atoms with Crippen LogP contribution in [-0.2, 0) is 0 Å². The van der Waals surface area contributed by atoms with Crippen LogP contribution in [0.25, 0.3) is 10.9 Å². The van der Waals surface area contributed by atoms with E-state index in [1.54, 1.807) is 0 Å². The van der Waals surface area contributed by atoms with Crippen LogP contribution in [0.3, 0.4) is 0 Å². The van der Waals surface area contributed by atoms with Gasteiger partial charge in [-0.2, -0.15) is 5.10 Å². The van der Waals surface area contributed by atoms with Gasteiger partial charge in [0, 0.05) is 10.9 Å². The van der Waals surface area contributed by atoms with Gasteiger partial charge in [-0.15, -0.1) is 0 Å². The van der Waals surface area contributed by atoms with Crippen molar-refractivity contribution < 1.29 is 0 Å². The average Bonchev–Trinajstić information content (AvgIpc) is 3.30. The number of benzene rings is 4. The van der Waals surface area contributed by atoms with E-state index in [0.29, 0.717) is 11.8 Å². The van der Waals surface area contributed by atoms with Crippen molar-refractivity contribution >= 4 is 34.3 Å². The number of para-hydroxylation sites is 3. The van der Waals surface area contributed by atoms with Crippen LogP contribution in [0.5, 0.6) is 0 Å². The molecule has 5 rings (SSSR count). The van der Waals surface area contributed by atoms with E-state index in [1.165, 1.54) is 11.1 Å². The maximum absolute atomic E-state index is 5.23. The zero-order valence-corrected chi connectivity index (χ0v) is 23.7. The second kappa shape index (κ2) is 11.2. The fraction of sp³-hybridized carbons (Fsp3) is 0.229. The van der Waals surface area contributed by atoms with Crippen molar-refractivity contribution in [1.82, 2.24) is 9.78 Å². The topological polar surface area (TPSA) is 42.5 Å². The summed E-state index contributed by atoms with van der Waals surface area (Å²) in [5, 5.41) is 6.16. The maximum atomic E-state index is 5.23. The van der Waals surface area contributed by atoms with Crippen LogP contribution in [0.2, 0.25) is 0 Å². The highest BCUT2D eigenvalue weighted by Crippen LogP contribution is 2.35. The summed E-state index contributed by atoms with van der Waals surface area (Å²) in [6, 6.07) is 31.4. The SMILES string of the molecule is Cc1cccc(C)c1/N=C(\c1ccccc1)n1nc(/C=N/c2c(C(C)C)cccc2C(C)C)c2ccccc21. The molecule has 1 heterocycles. The van der Waals surface area contributed by atoms with Gasteiger partial charge in [-0.1, -0.05) is 113 Å². The van der Waals surface area contributed by atoms with E-state index in [4.69, 9.17) is 15.1 Å². The van der Waals surface area contributed by atoms with Gasteiger partial charge in [0.1, 0.15) is 5.69 Å². The summed E-state index contributed by atoms with van der Waals surface area (Å²) in [5.41, 5.74) is 9.61. The molecule has 0 saturated carbocycles. The van der Waals surface area contributed by atoms with Crippen molar-refractivity contribution in [3.05, 3.63) is 125 Å². The highest BCUT2D eigenvalue weighted by molar-refractivity contribution is 6.08. The molecule has 4 nitrogen and oxygen atoms in total. The lowest BCUT2D eigenvalue weighted by atomic mass is 9.93. The Kier molecular flexibility index (Phi) is 7.56. The summed E-state index contributed by atoms with van der Waals surface area (Å²) in [6.07, 6.45) is 1.92. The highest BCUT2D eigenvalue weighted by atomic mass is 15.3. The summed E-state index contributed by atoms with van der Waals surface area (Å²) in [6.45, 7) is 13.1. The van der Waals surface area contributed by atoms with Crippen molar-refractivity contribution in [2.24, 2.45) is 9.98 Å². The van der Waals surface area contributed by atoms with Gasteiger partial charge in [-0.3, -0.25) is 4.99 Å². The van der Waals surface area contributed by atoms with Crippen LogP contribution in [0.1, 0.15) is 73.0 Å². The Bertz CT molecular complexity index is 1620. The highest BCUT2D eigenvalue weighted by Gasteiger charge is 2.17. The normalized spacial score (nSPS) is 12.4. The third-order valence-electron chi connectivity index (χ3n) is 7.16. The lowest BCUT2D eigenvalue weighted by Crippen LogP contribution is -2.15. The molecule has 0 N–H and O–H groups in total. The molecule has 0 amide bonds. The molecule has 0 radical (unpaired) electrons. The van der Waals surface area contributed by atoms with Gasteiger partial charge < -0.3 is 0 Å². The van der Waals surface area contributed by atoms with Crippen molar-refractivity contribution in [1.29, 1.82) is 0 Å². The monoisotopic (exact) mass is 512 g/mol. The van der Waals surface area contributed by atoms with Crippen molar-refractivity contribution in [2.75, 3.05) is 0 Å². The van der Waals surface area contributed by atoms with Crippen molar-refractivity contribution in [3.63, 3.8) is 0 Å². The number of hydrogen-bond acceptors (Lipinski definition) is 3. The largest absolute Gasteiger partial charge is 0.254 e. The molecular weight excluding hydrogens is 476 g/mol. The predicted molar refractivity (Wildman–Crippen MR) is 166 cm³/mol. The molecule has 0 fully saturated rings. The Morgan fingerprint density at radius 1 is 0.692 bits per heavy atom. The second-order valence-electron chi connectivity index (χ2n) is 10.7. The first-order chi connectivity index (χ1) is 18.8. The zero-order valence-electron chi connectivity index (χ0n) is 23.7. The summed E-state index contributed by atoms with van der Waals surface area (Å²) in [7, 11) is 0. The number of rotatable bonds is 6. The molecule has 0 atom stereocenters. The maximum Gasteiger partial charge on any atom is 0.161 e. The molecule has 0 aliphatic carbocycles. The fourth-order valence-corrected chi connectivity index (χ4v) is 5.04. The number of aryl methyl sites for hydroxylation is 2. The summed E-state index contributed by atoms with van der Waals surface area (Å²) in [5.74, 6) is 1.54. The van der Waals surface area contributed by atoms with Gasteiger partial charge in [0.15, 0.2) is 5.84 Å². The second-order valence-corrected chi connectivity index (χ2v) is 10.7. The Labute approximate surface area is 231 Å². The standard InChI is InChI=1S/C35H36N4/c1-23(2)28-19-13-20-29(24(3)4)34(28)36-22-31-30-18-10-11-21-32(30)39(38-31)35(27-16-8-7-9-17-27)37-33-25(5)14-12-15-26(33)6/h7-24H,1-6H3/b36-22+,37-35+. The van der Waals surface area contributed by atoms with E-state index in [-0.39, 0.29) is 0 Å². The van der Waals surface area contributed by atoms with E-state index in [0.717, 1.165) is 50.5 Å². The quantitative estimate of drug-likeness (QED) is 0.165. The lowest BCUT2D eigenvalue weighted by molar-refractivity contribution is 0.835. The van der Waals surface area contributed by atoms with Gasteiger partial charge in [0.05, 0.1) is 23.1 Å². The van der Waals surface area contributed by atoms with Crippen LogP contribution in [0.15, 0.2) is 101 Å². The predicted octanol–water partition coefficient (Wildman–Crippen LogP) is 9.28. The smallest absolute Gasteiger partial charge is 0.161 e. The molecule has 39 heavy (non-hydrogen) atoms. The molecule has 0 unspecified atom stereocenters. The first-order valence-corrected chi connectivity index (χ1v) is 13.7. The van der Waals surface area contributed by atoms with E-state index < -0.39 is 0 Å². The van der Waals surface area contributed by atoms with E-state index in [2.05, 4.69) is 108 Å². The van der Waals surface area contributed by atoms with Gasteiger partial charge >= 0.3 is 0 Å². The van der Waals surface area contributed by atoms with E-state index >= 15 is 0 Å². The first-order valence-electron chi connectivity index (χ1n) is 13.7. The number of hydrogen-bond donors (Lipinski definition) is 0. The molecule has 5 aromatic rings. The van der Waals surface area contributed by atoms with Gasteiger partial charge in [-0.25, -0.2) is 9.67 Å². The van der Waals surface area contributed by atoms with Gasteiger partial charge in [0.2, 0.25) is 0 Å². The fourth-order valence-electron chi connectivity index (χ4n) is 5.04. The van der Waals surface area contributed by atoms with Crippen LogP contribution < -0.4 is 0 Å². The molecule has 1 aromatic heterocycles. The van der Waals surface area contributed by atoms with Crippen LogP contribution in [-0.4, -0.2) is 21.8 Å². The third kappa shape index (κ3) is 5.33. The molecule has 0 bridgehead atoms. The minimum atomic E-state index is 0.374. The van der Waals surface area contributed by atoms with Crippen LogP contribution in [0, 0.1) is 13.8 Å². The average molecular weight is 513 g/mol. The first kappa shape index (κ1) is 26.3. The van der Waals surface area contributed by atoms with Gasteiger partial charge in [-0.05, 0) is 54.0 Å².